The van der Waals surface area contributed by atoms with Gasteiger partial charge in [-0.3, -0.25) is 9.36 Å². The van der Waals surface area contributed by atoms with Crippen molar-refractivity contribution in [3.8, 4) is 17.2 Å². The molecule has 3 rings (SSSR count). The number of rotatable bonds is 5. The maximum atomic E-state index is 13.2. The molecule has 8 heteroatoms. The Bertz CT molecular complexity index is 996. The van der Waals surface area contributed by atoms with E-state index in [1.165, 1.54) is 37.1 Å². The molecule has 26 heavy (non-hydrogen) atoms. The molecule has 1 heterocycles. The van der Waals surface area contributed by atoms with Crippen molar-refractivity contribution in [2.75, 3.05) is 19.5 Å². The van der Waals surface area contributed by atoms with Crippen LogP contribution in [0.1, 0.15) is 10.5 Å². The molecule has 0 fully saturated rings. The second kappa shape index (κ2) is 7.40. The van der Waals surface area contributed by atoms with Crippen LogP contribution >= 0.6 is 12.2 Å². The molecule has 2 aromatic carbocycles. The molecule has 0 aliphatic rings. The second-order valence-electron chi connectivity index (χ2n) is 5.31. The highest BCUT2D eigenvalue weighted by atomic mass is 32.1. The Morgan fingerprint density at radius 3 is 2.46 bits per heavy atom. The monoisotopic (exact) mass is 373 g/mol. The zero-order valence-corrected chi connectivity index (χ0v) is 14.9. The van der Waals surface area contributed by atoms with E-state index in [0.717, 1.165) is 0 Å². The number of carbonyl (C=O) groups excluding carboxylic acids is 1. The second-order valence-corrected chi connectivity index (χ2v) is 5.70. The Balaban J connectivity index is 1.92. The normalized spacial score (nSPS) is 10.4. The van der Waals surface area contributed by atoms with Crippen LogP contribution in [0.5, 0.6) is 11.5 Å². The molecule has 1 aromatic heterocycles. The Labute approximate surface area is 154 Å². The van der Waals surface area contributed by atoms with E-state index in [9.17, 15) is 9.18 Å². The van der Waals surface area contributed by atoms with E-state index < -0.39 is 0 Å². The van der Waals surface area contributed by atoms with E-state index >= 15 is 0 Å². The van der Waals surface area contributed by atoms with Crippen LogP contribution in [-0.2, 0) is 0 Å². The molecular formula is C18H16FN3O3S. The number of imidazole rings is 1. The average molecular weight is 373 g/mol. The molecule has 1 amide bonds. The van der Waals surface area contributed by atoms with E-state index in [1.54, 1.807) is 30.3 Å². The lowest BCUT2D eigenvalue weighted by molar-refractivity contribution is 0.102. The number of methoxy groups -OCH3 is 2. The van der Waals surface area contributed by atoms with Gasteiger partial charge in [-0.25, -0.2) is 4.39 Å². The van der Waals surface area contributed by atoms with Crippen LogP contribution in [0.2, 0.25) is 0 Å². The molecule has 0 aliphatic heterocycles. The van der Waals surface area contributed by atoms with Gasteiger partial charge in [0.25, 0.3) is 5.91 Å². The van der Waals surface area contributed by atoms with Gasteiger partial charge >= 0.3 is 0 Å². The van der Waals surface area contributed by atoms with Crippen molar-refractivity contribution < 1.29 is 18.7 Å². The number of aromatic amines is 1. The minimum Gasteiger partial charge on any atom is -0.493 e. The molecule has 0 saturated heterocycles. The minimum atomic E-state index is -0.381. The molecule has 0 bridgehead atoms. The van der Waals surface area contributed by atoms with E-state index in [1.807, 2.05) is 0 Å². The number of aromatic nitrogens is 2. The SMILES string of the molecule is COc1ccc(NC(=O)c2c[nH]c(=S)n2-c2ccc(F)cc2)cc1OC. The van der Waals surface area contributed by atoms with Crippen LogP contribution in [-0.4, -0.2) is 29.7 Å². The Morgan fingerprint density at radius 1 is 1.12 bits per heavy atom. The molecule has 134 valence electrons. The molecule has 0 aliphatic carbocycles. The van der Waals surface area contributed by atoms with Gasteiger partial charge in [0.15, 0.2) is 16.3 Å². The molecular weight excluding hydrogens is 357 g/mol. The third-order valence-corrected chi connectivity index (χ3v) is 4.04. The Morgan fingerprint density at radius 2 is 1.81 bits per heavy atom. The van der Waals surface area contributed by atoms with E-state index in [4.69, 9.17) is 21.7 Å². The molecule has 0 radical (unpaired) electrons. The van der Waals surface area contributed by atoms with Gasteiger partial charge in [-0.1, -0.05) is 0 Å². The van der Waals surface area contributed by atoms with Crippen LogP contribution < -0.4 is 14.8 Å². The zero-order chi connectivity index (χ0) is 18.7. The molecule has 2 N–H and O–H groups in total. The molecule has 0 atom stereocenters. The summed E-state index contributed by atoms with van der Waals surface area (Å²) in [4.78, 5) is 15.5. The summed E-state index contributed by atoms with van der Waals surface area (Å²) < 4.78 is 25.4. The number of carbonyl (C=O) groups is 1. The average Bonchev–Trinajstić information content (AvgIpc) is 3.04. The topological polar surface area (TPSA) is 68.3 Å². The van der Waals surface area contributed by atoms with E-state index in [-0.39, 0.29) is 17.4 Å². The molecule has 6 nitrogen and oxygen atoms in total. The summed E-state index contributed by atoms with van der Waals surface area (Å²) >= 11 is 5.24. The summed E-state index contributed by atoms with van der Waals surface area (Å²) in [5, 5.41) is 2.78. The first-order valence-corrected chi connectivity index (χ1v) is 8.04. The lowest BCUT2D eigenvalue weighted by Gasteiger charge is -2.12. The van der Waals surface area contributed by atoms with Gasteiger partial charge in [0, 0.05) is 23.6 Å². The van der Waals surface area contributed by atoms with Gasteiger partial charge in [-0.15, -0.1) is 0 Å². The number of benzene rings is 2. The summed E-state index contributed by atoms with van der Waals surface area (Å²) in [6.07, 6.45) is 1.50. The highest BCUT2D eigenvalue weighted by Crippen LogP contribution is 2.30. The minimum absolute atomic E-state index is 0.288. The first-order chi connectivity index (χ1) is 12.5. The highest BCUT2D eigenvalue weighted by Gasteiger charge is 2.15. The van der Waals surface area contributed by atoms with Crippen LogP contribution in [0.15, 0.2) is 48.7 Å². The van der Waals surface area contributed by atoms with Crippen molar-refractivity contribution in [3.63, 3.8) is 0 Å². The predicted octanol–water partition coefficient (Wildman–Crippen LogP) is 3.94. The first kappa shape index (κ1) is 17.7. The summed E-state index contributed by atoms with van der Waals surface area (Å²) in [6, 6.07) is 10.7. The Kier molecular flexibility index (Phi) is 5.04. The van der Waals surface area contributed by atoms with Crippen molar-refractivity contribution in [2.24, 2.45) is 0 Å². The number of nitrogens with one attached hydrogen (secondary N) is 2. The van der Waals surface area contributed by atoms with Gasteiger partial charge in [0.1, 0.15) is 11.5 Å². The summed E-state index contributed by atoms with van der Waals surface area (Å²) in [5.41, 5.74) is 1.40. The quantitative estimate of drug-likeness (QED) is 0.665. The van der Waals surface area contributed by atoms with Crippen molar-refractivity contribution in [3.05, 3.63) is 64.9 Å². The number of ether oxygens (including phenoxy) is 2. The third kappa shape index (κ3) is 3.45. The van der Waals surface area contributed by atoms with Crippen molar-refractivity contribution in [1.29, 1.82) is 0 Å². The fraction of sp³-hybridized carbons (Fsp3) is 0.111. The fourth-order valence-corrected chi connectivity index (χ4v) is 2.75. The standard InChI is InChI=1S/C18H16FN3O3S/c1-24-15-8-5-12(9-16(15)25-2)21-17(23)14-10-20-18(26)22(14)13-6-3-11(19)4-7-13/h3-10H,1-2H3,(H,20,26)(H,21,23). The summed E-state index contributed by atoms with van der Waals surface area (Å²) in [6.45, 7) is 0. The number of halogens is 1. The van der Waals surface area contributed by atoms with Gasteiger partial charge < -0.3 is 19.8 Å². The summed E-state index contributed by atoms with van der Waals surface area (Å²) in [7, 11) is 3.05. The first-order valence-electron chi connectivity index (χ1n) is 7.63. The largest absolute Gasteiger partial charge is 0.493 e. The molecule has 0 spiro atoms. The lowest BCUT2D eigenvalue weighted by atomic mass is 10.2. The van der Waals surface area contributed by atoms with Crippen molar-refractivity contribution >= 4 is 23.8 Å². The fourth-order valence-electron chi connectivity index (χ4n) is 2.49. The number of anilines is 1. The van der Waals surface area contributed by atoms with Gasteiger partial charge in [-0.2, -0.15) is 0 Å². The predicted molar refractivity (Wildman–Crippen MR) is 98.4 cm³/mol. The van der Waals surface area contributed by atoms with Crippen LogP contribution in [0.3, 0.4) is 0 Å². The zero-order valence-electron chi connectivity index (χ0n) is 14.1. The number of nitrogens with zero attached hydrogens (tertiary/aromatic N) is 1. The maximum Gasteiger partial charge on any atom is 0.274 e. The lowest BCUT2D eigenvalue weighted by Crippen LogP contribution is -2.16. The van der Waals surface area contributed by atoms with E-state index in [0.29, 0.717) is 27.6 Å². The molecule has 0 unspecified atom stereocenters. The van der Waals surface area contributed by atoms with Gasteiger partial charge in [0.05, 0.1) is 14.2 Å². The van der Waals surface area contributed by atoms with Crippen LogP contribution in [0.25, 0.3) is 5.69 Å². The Hall–Kier alpha value is -3.13. The number of H-pyrrole nitrogens is 1. The van der Waals surface area contributed by atoms with Gasteiger partial charge in [-0.05, 0) is 48.6 Å². The smallest absolute Gasteiger partial charge is 0.274 e. The number of hydrogen-bond acceptors (Lipinski definition) is 4. The van der Waals surface area contributed by atoms with Gasteiger partial charge in [0.2, 0.25) is 0 Å². The summed E-state index contributed by atoms with van der Waals surface area (Å²) in [5.74, 6) is 0.303. The van der Waals surface area contributed by atoms with Crippen LogP contribution in [0, 0.1) is 10.6 Å². The van der Waals surface area contributed by atoms with E-state index in [2.05, 4.69) is 10.3 Å². The van der Waals surface area contributed by atoms with Crippen molar-refractivity contribution in [2.45, 2.75) is 0 Å². The maximum absolute atomic E-state index is 13.2. The number of amides is 1. The number of hydrogen-bond donors (Lipinski definition) is 2. The highest BCUT2D eigenvalue weighted by molar-refractivity contribution is 7.71. The van der Waals surface area contributed by atoms with Crippen LogP contribution in [0.4, 0.5) is 10.1 Å². The van der Waals surface area contributed by atoms with Crippen molar-refractivity contribution in [1.82, 2.24) is 9.55 Å². The third-order valence-electron chi connectivity index (χ3n) is 3.74. The molecule has 0 saturated carbocycles. The molecule has 3 aromatic rings.